The van der Waals surface area contributed by atoms with Gasteiger partial charge in [0.25, 0.3) is 0 Å². The van der Waals surface area contributed by atoms with E-state index in [0.29, 0.717) is 51.4 Å². The summed E-state index contributed by atoms with van der Waals surface area (Å²) in [5, 5.41) is 8.51. The van der Waals surface area contributed by atoms with Gasteiger partial charge in [-0.2, -0.15) is 35.2 Å². The Morgan fingerprint density at radius 2 is 1.24 bits per heavy atom. The molecule has 0 amide bonds. The number of methoxy groups -OCH3 is 1. The molecule has 0 bridgehead atoms. The quantitative estimate of drug-likeness (QED) is 0.0784. The van der Waals surface area contributed by atoms with E-state index < -0.39 is 0 Å². The molecule has 0 saturated heterocycles. The molecule has 1 fully saturated rings. The molecular weight excluding hydrogens is 1120 g/mol. The van der Waals surface area contributed by atoms with Crippen molar-refractivity contribution in [2.75, 3.05) is 7.11 Å². The minimum absolute atomic E-state index is 0.0109. The van der Waals surface area contributed by atoms with Gasteiger partial charge in [0.2, 0.25) is 36.5 Å². The molecule has 1 aromatic heterocycles. The molecule has 6 aromatic rings. The van der Waals surface area contributed by atoms with Crippen molar-refractivity contribution >= 4 is 102 Å². The van der Waals surface area contributed by atoms with Crippen LogP contribution >= 0.6 is 31.9 Å². The Bertz CT molecular complexity index is 3180. The number of pyridine rings is 1. The zero-order chi connectivity index (χ0) is 57.7. The van der Waals surface area contributed by atoms with Crippen molar-refractivity contribution in [3.05, 3.63) is 158 Å². The van der Waals surface area contributed by atoms with Crippen LogP contribution in [-0.2, 0) is 40.6 Å². The summed E-state index contributed by atoms with van der Waals surface area (Å²) in [6, 6.07) is 34.6. The van der Waals surface area contributed by atoms with Crippen molar-refractivity contribution in [1.82, 2.24) is 4.98 Å². The molecular formula is C60H60Br2N8O8. The maximum atomic E-state index is 10.2. The van der Waals surface area contributed by atoms with Gasteiger partial charge in [0.1, 0.15) is 11.8 Å². The average Bonchev–Trinajstić information content (AvgIpc) is 3.95. The number of hydrogen-bond donors (Lipinski definition) is 0. The van der Waals surface area contributed by atoms with Gasteiger partial charge in [-0.1, -0.05) is 90.4 Å². The van der Waals surface area contributed by atoms with Crippen LogP contribution in [0.4, 0.5) is 34.1 Å². The largest absolute Gasteiger partial charge is 0.493 e. The molecule has 16 nitrogen and oxygen atoms in total. The molecule has 5 aromatic carbocycles. The fourth-order valence-corrected chi connectivity index (χ4v) is 8.41. The Labute approximate surface area is 472 Å². The molecule has 18 heteroatoms. The lowest BCUT2D eigenvalue weighted by Crippen LogP contribution is -2.11. The number of nitrogens with zero attached hydrogens (tertiary/aromatic N) is 8. The molecule has 0 N–H and O–H groups in total. The third-order valence-corrected chi connectivity index (χ3v) is 12.1. The predicted octanol–water partition coefficient (Wildman–Crippen LogP) is 16.1. The third kappa shape index (κ3) is 24.5. The average molecular weight is 1180 g/mol. The first-order valence-corrected chi connectivity index (χ1v) is 26.0. The highest BCUT2D eigenvalue weighted by Gasteiger charge is 2.19. The molecule has 402 valence electrons. The lowest BCUT2D eigenvalue weighted by molar-refractivity contribution is 0.201. The number of benzene rings is 5. The highest BCUT2D eigenvalue weighted by Crippen LogP contribution is 2.37. The number of rotatable bonds is 13. The third-order valence-electron chi connectivity index (χ3n) is 10.9. The predicted molar refractivity (Wildman–Crippen MR) is 309 cm³/mol. The first-order chi connectivity index (χ1) is 37.5. The van der Waals surface area contributed by atoms with Gasteiger partial charge >= 0.3 is 0 Å². The van der Waals surface area contributed by atoms with Gasteiger partial charge in [-0.05, 0) is 172 Å². The molecule has 7 rings (SSSR count). The van der Waals surface area contributed by atoms with Crippen LogP contribution in [0.1, 0.15) is 114 Å². The van der Waals surface area contributed by atoms with Crippen molar-refractivity contribution < 1.29 is 38.2 Å². The van der Waals surface area contributed by atoms with E-state index in [4.69, 9.17) is 14.7 Å². The number of isocyanates is 6. The zero-order valence-corrected chi connectivity index (χ0v) is 47.9. The minimum Gasteiger partial charge on any atom is -0.493 e. The molecule has 0 spiro atoms. The summed E-state index contributed by atoms with van der Waals surface area (Å²) in [6.45, 7) is 14.6. The van der Waals surface area contributed by atoms with Gasteiger partial charge in [0.15, 0.2) is 11.5 Å². The van der Waals surface area contributed by atoms with Crippen molar-refractivity contribution in [2.24, 2.45) is 30.0 Å². The van der Waals surface area contributed by atoms with Crippen LogP contribution in [0.3, 0.4) is 0 Å². The topological polar surface area (TPSA) is 232 Å². The molecule has 78 heavy (non-hydrogen) atoms. The Morgan fingerprint density at radius 1 is 0.667 bits per heavy atom. The van der Waals surface area contributed by atoms with Crippen LogP contribution in [-0.4, -0.2) is 54.7 Å². The second kappa shape index (κ2) is 37.3. The van der Waals surface area contributed by atoms with Crippen molar-refractivity contribution in [1.29, 1.82) is 5.26 Å². The summed E-state index contributed by atoms with van der Waals surface area (Å²) in [5.41, 5.74) is 8.47. The smallest absolute Gasteiger partial charge is 0.240 e. The second-order valence-electron chi connectivity index (χ2n) is 17.9. The van der Waals surface area contributed by atoms with Crippen molar-refractivity contribution in [2.45, 2.75) is 111 Å². The van der Waals surface area contributed by atoms with Crippen molar-refractivity contribution in [3.8, 4) is 17.6 Å². The van der Waals surface area contributed by atoms with Gasteiger partial charge < -0.3 is 9.47 Å². The number of ether oxygens (including phenoxy) is 2. The number of nitriles is 1. The van der Waals surface area contributed by atoms with E-state index in [-0.39, 0.29) is 11.5 Å². The maximum Gasteiger partial charge on any atom is 0.240 e. The van der Waals surface area contributed by atoms with Gasteiger partial charge in [0.05, 0.1) is 53.4 Å². The van der Waals surface area contributed by atoms with Gasteiger partial charge in [-0.25, -0.2) is 28.8 Å². The van der Waals surface area contributed by atoms with Crippen molar-refractivity contribution in [3.63, 3.8) is 0 Å². The van der Waals surface area contributed by atoms with E-state index in [9.17, 15) is 28.8 Å². The number of aromatic nitrogens is 1. The summed E-state index contributed by atoms with van der Waals surface area (Å²) >= 11 is 6.73. The fraction of sp³-hybridized carbons (Fsp3) is 0.300. The molecule has 0 unspecified atom stereocenters. The van der Waals surface area contributed by atoms with Crippen LogP contribution < -0.4 is 9.47 Å². The van der Waals surface area contributed by atoms with E-state index in [1.807, 2.05) is 61.5 Å². The summed E-state index contributed by atoms with van der Waals surface area (Å²) in [7, 11) is 1.60. The standard InChI is InChI=1S/C13H15NO3.C12H15NO.C11H13NO.C10H9Br2NO.C8H4N2O.C6H4N2O/c1-16-12-7-6-10(14-9-15)8-13(12)17-11-4-2-3-5-11;1-3-4-5-11-6-7-12(13-9-14)10(2)8-11;1-11(2,3)9-6-4-5-7-10(9)12-8-13;1-6(2)7-3-8(11)10(13-5-14)9(12)4-7;9-5-7-3-1-2-4-8(7)10-6-11;9-5-8-6-2-1-3-7-4-6/h6-8,11H,2-5H2,1H3;6-8H,3-5H2,1-2H3;4-7H,1-3H3;3-4,6H,1-2H3;1-4H;1-4H. The molecule has 1 saturated carbocycles. The van der Waals surface area contributed by atoms with Crippen LogP contribution in [0.5, 0.6) is 11.5 Å². The molecule has 1 aliphatic carbocycles. The zero-order valence-electron chi connectivity index (χ0n) is 44.8. The van der Waals surface area contributed by atoms with Gasteiger partial charge in [0, 0.05) is 21.2 Å². The molecule has 1 heterocycles. The molecule has 0 aliphatic heterocycles. The number of carbonyl (C=O) groups excluding carboxylic acids is 6. The Morgan fingerprint density at radius 3 is 1.78 bits per heavy atom. The highest BCUT2D eigenvalue weighted by molar-refractivity contribution is 9.11. The number of hydrogen-bond acceptors (Lipinski definition) is 16. The lowest BCUT2D eigenvalue weighted by Gasteiger charge is -2.20. The van der Waals surface area contributed by atoms with E-state index in [1.165, 1.54) is 67.3 Å². The highest BCUT2D eigenvalue weighted by atomic mass is 79.9. The van der Waals surface area contributed by atoms with E-state index in [0.717, 1.165) is 45.0 Å². The van der Waals surface area contributed by atoms with Crippen LogP contribution in [0.25, 0.3) is 0 Å². The van der Waals surface area contributed by atoms with E-state index in [2.05, 4.69) is 114 Å². The Hall–Kier alpha value is -8.42. The maximum absolute atomic E-state index is 10.2. The number of halogens is 2. The molecule has 0 atom stereocenters. The van der Waals surface area contributed by atoms with Crippen LogP contribution in [0.15, 0.2) is 160 Å². The first kappa shape index (κ1) is 65.7. The summed E-state index contributed by atoms with van der Waals surface area (Å²) in [4.78, 5) is 85.0. The van der Waals surface area contributed by atoms with Gasteiger partial charge in [-0.3, -0.25) is 4.98 Å². The lowest BCUT2D eigenvalue weighted by atomic mass is 9.86. The first-order valence-electron chi connectivity index (χ1n) is 24.4. The number of unbranched alkanes of at least 4 members (excludes halogenated alkanes) is 1. The normalized spacial score (nSPS) is 10.7. The summed E-state index contributed by atoms with van der Waals surface area (Å²) < 4.78 is 12.7. The molecule has 1 aliphatic rings. The van der Waals surface area contributed by atoms with Crippen LogP contribution in [0, 0.1) is 18.3 Å². The number of para-hydroxylation sites is 2. The SMILES string of the molecule is CC(C)(C)c1ccccc1N=C=O.CC(C)c1cc(Br)c(N=C=O)c(Br)c1.CCCCc1ccc(N=C=O)c(C)c1.COc1ccc(N=C=O)cc1OC1CCCC1.N#Cc1ccccc1N=C=O.O=C=Nc1cccnc1. The van der Waals surface area contributed by atoms with Crippen LogP contribution in [0.2, 0.25) is 0 Å². The van der Waals surface area contributed by atoms with E-state index in [1.54, 1.807) is 80.1 Å². The number of aliphatic imine (C=N–C) groups is 6. The Kier molecular flexibility index (Phi) is 31.5. The Balaban J connectivity index is 0.000000323. The summed E-state index contributed by atoms with van der Waals surface area (Å²) in [5.74, 6) is 1.76. The fourth-order valence-electron chi connectivity index (χ4n) is 7.01. The van der Waals surface area contributed by atoms with Gasteiger partial charge in [-0.15, -0.1) is 0 Å². The monoisotopic (exact) mass is 1180 g/mol. The number of aryl methyl sites for hydroxylation is 2. The summed E-state index contributed by atoms with van der Waals surface area (Å²) in [6.07, 6.45) is 20.4. The minimum atomic E-state index is 0.0109. The van der Waals surface area contributed by atoms with E-state index >= 15 is 0 Å². The molecule has 0 radical (unpaired) electrons. The second-order valence-corrected chi connectivity index (χ2v) is 19.6.